The molecular weight excluding hydrogens is 221 g/mol. The third-order valence-corrected chi connectivity index (χ3v) is 2.19. The molecule has 0 saturated heterocycles. The maximum absolute atomic E-state index is 12.8. The minimum Gasteiger partial charge on any atom is -0.468 e. The molecule has 0 bridgehead atoms. The van der Waals surface area contributed by atoms with Crippen molar-refractivity contribution < 1.29 is 13.9 Å². The standard InChI is InChI=1S/C10H11ClFNO2/c1-15-10(14)6-13-5-7-4-8(12)2-3-9(7)11/h2-4,13H,5-6H2,1H3. The molecule has 1 N–H and O–H groups in total. The van der Waals surface area contributed by atoms with Crippen molar-refractivity contribution in [1.29, 1.82) is 0 Å². The number of carbonyl (C=O) groups excluding carboxylic acids is 1. The van der Waals surface area contributed by atoms with E-state index in [1.807, 2.05) is 0 Å². The summed E-state index contributed by atoms with van der Waals surface area (Å²) >= 11 is 5.82. The molecule has 1 rings (SSSR count). The van der Waals surface area contributed by atoms with Gasteiger partial charge in [-0.15, -0.1) is 0 Å². The molecule has 0 amide bonds. The molecular formula is C10H11ClFNO2. The van der Waals surface area contributed by atoms with Gasteiger partial charge in [0.05, 0.1) is 13.7 Å². The number of rotatable bonds is 4. The lowest BCUT2D eigenvalue weighted by molar-refractivity contribution is -0.139. The fourth-order valence-electron chi connectivity index (χ4n) is 1.05. The van der Waals surface area contributed by atoms with E-state index in [-0.39, 0.29) is 18.3 Å². The summed E-state index contributed by atoms with van der Waals surface area (Å²) in [5.74, 6) is -0.725. The molecule has 0 aliphatic rings. The summed E-state index contributed by atoms with van der Waals surface area (Å²) in [6.07, 6.45) is 0. The molecule has 15 heavy (non-hydrogen) atoms. The molecule has 0 aromatic heterocycles. The number of benzene rings is 1. The quantitative estimate of drug-likeness (QED) is 0.803. The normalized spacial score (nSPS) is 10.1. The molecule has 0 heterocycles. The van der Waals surface area contributed by atoms with Crippen LogP contribution in [0.4, 0.5) is 4.39 Å². The van der Waals surface area contributed by atoms with Crippen molar-refractivity contribution in [2.24, 2.45) is 0 Å². The molecule has 1 aromatic carbocycles. The summed E-state index contributed by atoms with van der Waals surface area (Å²) in [7, 11) is 1.30. The first-order chi connectivity index (χ1) is 7.13. The maximum atomic E-state index is 12.8. The average molecular weight is 232 g/mol. The lowest BCUT2D eigenvalue weighted by Gasteiger charge is -2.05. The van der Waals surface area contributed by atoms with Crippen molar-refractivity contribution in [3.05, 3.63) is 34.6 Å². The van der Waals surface area contributed by atoms with Crippen LogP contribution in [-0.2, 0) is 16.1 Å². The maximum Gasteiger partial charge on any atom is 0.319 e. The van der Waals surface area contributed by atoms with Gasteiger partial charge in [0, 0.05) is 11.6 Å². The zero-order chi connectivity index (χ0) is 11.3. The van der Waals surface area contributed by atoms with Gasteiger partial charge in [-0.1, -0.05) is 11.6 Å². The van der Waals surface area contributed by atoms with Gasteiger partial charge in [0.1, 0.15) is 5.82 Å². The molecule has 0 fully saturated rings. The van der Waals surface area contributed by atoms with Crippen LogP contribution in [0.1, 0.15) is 5.56 Å². The molecule has 5 heteroatoms. The van der Waals surface area contributed by atoms with Crippen molar-refractivity contribution in [3.63, 3.8) is 0 Å². The number of ether oxygens (including phenoxy) is 1. The van der Waals surface area contributed by atoms with Crippen molar-refractivity contribution in [2.45, 2.75) is 6.54 Å². The van der Waals surface area contributed by atoms with Gasteiger partial charge in [-0.3, -0.25) is 4.79 Å². The number of nitrogens with one attached hydrogen (secondary N) is 1. The Kier molecular flexibility index (Phi) is 4.52. The largest absolute Gasteiger partial charge is 0.468 e. The first-order valence-corrected chi connectivity index (χ1v) is 4.72. The van der Waals surface area contributed by atoms with E-state index in [4.69, 9.17) is 11.6 Å². The minimum absolute atomic E-state index is 0.0728. The summed E-state index contributed by atoms with van der Waals surface area (Å²) in [5.41, 5.74) is 0.612. The van der Waals surface area contributed by atoms with Crippen molar-refractivity contribution in [2.75, 3.05) is 13.7 Å². The molecule has 3 nitrogen and oxygen atoms in total. The molecule has 0 unspecified atom stereocenters. The molecule has 0 radical (unpaired) electrons. The highest BCUT2D eigenvalue weighted by molar-refractivity contribution is 6.31. The zero-order valence-corrected chi connectivity index (χ0v) is 8.97. The van der Waals surface area contributed by atoms with E-state index in [0.717, 1.165) is 0 Å². The molecule has 0 saturated carbocycles. The lowest BCUT2D eigenvalue weighted by Crippen LogP contribution is -2.23. The Labute approximate surface area is 92.2 Å². The first kappa shape index (κ1) is 11.9. The van der Waals surface area contributed by atoms with Crippen LogP contribution in [0.2, 0.25) is 5.02 Å². The van der Waals surface area contributed by atoms with Crippen LogP contribution in [0.25, 0.3) is 0 Å². The Morgan fingerprint density at radius 1 is 1.60 bits per heavy atom. The molecule has 0 atom stereocenters. The van der Waals surface area contributed by atoms with E-state index >= 15 is 0 Å². The monoisotopic (exact) mass is 231 g/mol. The van der Waals surface area contributed by atoms with Crippen molar-refractivity contribution in [3.8, 4) is 0 Å². The summed E-state index contributed by atoms with van der Waals surface area (Å²) in [4.78, 5) is 10.8. The van der Waals surface area contributed by atoms with Crippen LogP contribution in [0.3, 0.4) is 0 Å². The van der Waals surface area contributed by atoms with Crippen LogP contribution in [0.5, 0.6) is 0 Å². The van der Waals surface area contributed by atoms with Gasteiger partial charge in [-0.2, -0.15) is 0 Å². The van der Waals surface area contributed by atoms with E-state index in [9.17, 15) is 9.18 Å². The highest BCUT2D eigenvalue weighted by atomic mass is 35.5. The number of carbonyl (C=O) groups is 1. The molecule has 0 aliphatic heterocycles. The smallest absolute Gasteiger partial charge is 0.319 e. The van der Waals surface area contributed by atoms with E-state index in [0.29, 0.717) is 17.1 Å². The fourth-order valence-corrected chi connectivity index (χ4v) is 1.23. The Morgan fingerprint density at radius 3 is 3.00 bits per heavy atom. The molecule has 1 aromatic rings. The topological polar surface area (TPSA) is 38.3 Å². The highest BCUT2D eigenvalue weighted by Gasteiger charge is 2.03. The van der Waals surface area contributed by atoms with E-state index in [1.54, 1.807) is 0 Å². The van der Waals surface area contributed by atoms with E-state index in [2.05, 4.69) is 10.1 Å². The average Bonchev–Trinajstić information content (AvgIpc) is 2.23. The van der Waals surface area contributed by atoms with Crippen LogP contribution in [0.15, 0.2) is 18.2 Å². The van der Waals surface area contributed by atoms with Gasteiger partial charge in [-0.25, -0.2) is 4.39 Å². The van der Waals surface area contributed by atoms with Gasteiger partial charge in [-0.05, 0) is 23.8 Å². The van der Waals surface area contributed by atoms with Crippen molar-refractivity contribution in [1.82, 2.24) is 5.32 Å². The van der Waals surface area contributed by atoms with Gasteiger partial charge in [0.15, 0.2) is 0 Å². The van der Waals surface area contributed by atoms with E-state index in [1.165, 1.54) is 25.3 Å². The second kappa shape index (κ2) is 5.68. The predicted molar refractivity (Wildman–Crippen MR) is 55.1 cm³/mol. The number of hydrogen-bond donors (Lipinski definition) is 1. The predicted octanol–water partition coefficient (Wildman–Crippen LogP) is 1.74. The Morgan fingerprint density at radius 2 is 2.33 bits per heavy atom. The highest BCUT2D eigenvalue weighted by Crippen LogP contribution is 2.16. The third kappa shape index (κ3) is 3.85. The van der Waals surface area contributed by atoms with Gasteiger partial charge >= 0.3 is 5.97 Å². The third-order valence-electron chi connectivity index (χ3n) is 1.82. The number of hydrogen-bond acceptors (Lipinski definition) is 3. The second-order valence-electron chi connectivity index (χ2n) is 2.92. The Balaban J connectivity index is 2.50. The van der Waals surface area contributed by atoms with Crippen molar-refractivity contribution >= 4 is 17.6 Å². The number of methoxy groups -OCH3 is 1. The molecule has 0 aliphatic carbocycles. The number of halogens is 2. The van der Waals surface area contributed by atoms with Crippen LogP contribution < -0.4 is 5.32 Å². The summed E-state index contributed by atoms with van der Waals surface area (Å²) in [6, 6.07) is 4.09. The second-order valence-corrected chi connectivity index (χ2v) is 3.32. The Hall–Kier alpha value is -1.13. The first-order valence-electron chi connectivity index (χ1n) is 4.35. The SMILES string of the molecule is COC(=O)CNCc1cc(F)ccc1Cl. The van der Waals surface area contributed by atoms with Gasteiger partial charge in [0.2, 0.25) is 0 Å². The van der Waals surface area contributed by atoms with E-state index < -0.39 is 0 Å². The molecule has 82 valence electrons. The zero-order valence-electron chi connectivity index (χ0n) is 8.22. The van der Waals surface area contributed by atoms with Gasteiger partial charge < -0.3 is 10.1 Å². The fraction of sp³-hybridized carbons (Fsp3) is 0.300. The summed E-state index contributed by atoms with van der Waals surface area (Å²) in [6.45, 7) is 0.398. The molecule has 0 spiro atoms. The lowest BCUT2D eigenvalue weighted by atomic mass is 10.2. The van der Waals surface area contributed by atoms with Crippen LogP contribution in [0, 0.1) is 5.82 Å². The van der Waals surface area contributed by atoms with Crippen LogP contribution >= 0.6 is 11.6 Å². The summed E-state index contributed by atoms with van der Waals surface area (Å²) < 4.78 is 17.3. The Bertz CT molecular complexity index is 357. The number of esters is 1. The minimum atomic E-state index is -0.373. The summed E-state index contributed by atoms with van der Waals surface area (Å²) in [5, 5.41) is 3.26. The van der Waals surface area contributed by atoms with Crippen LogP contribution in [-0.4, -0.2) is 19.6 Å². The van der Waals surface area contributed by atoms with Gasteiger partial charge in [0.25, 0.3) is 0 Å².